The molecule has 2 N–H and O–H groups in total. The molecule has 0 bridgehead atoms. The van der Waals surface area contributed by atoms with Crippen LogP contribution >= 0.6 is 0 Å². The second-order valence-electron chi connectivity index (χ2n) is 5.90. The third-order valence-electron chi connectivity index (χ3n) is 3.94. The fraction of sp³-hybridized carbons (Fsp3) is 0.150. The number of aromatic nitrogens is 1. The van der Waals surface area contributed by atoms with Gasteiger partial charge in [0.1, 0.15) is 12.4 Å². The summed E-state index contributed by atoms with van der Waals surface area (Å²) in [5, 5.41) is 9.24. The molecule has 0 unspecified atom stereocenters. The zero-order valence-corrected chi connectivity index (χ0v) is 15.0. The van der Waals surface area contributed by atoms with Crippen molar-refractivity contribution >= 4 is 23.4 Å². The molecule has 2 aromatic carbocycles. The van der Waals surface area contributed by atoms with Gasteiger partial charge < -0.3 is 19.9 Å². The van der Waals surface area contributed by atoms with Gasteiger partial charge in [-0.25, -0.2) is 9.59 Å². The molecule has 0 aliphatic rings. The number of para-hydroxylation sites is 1. The van der Waals surface area contributed by atoms with E-state index in [9.17, 15) is 9.59 Å². The Kier molecular flexibility index (Phi) is 5.51. The summed E-state index contributed by atoms with van der Waals surface area (Å²) in [6, 6.07) is 15.2. The van der Waals surface area contributed by atoms with Gasteiger partial charge in [-0.15, -0.1) is 0 Å². The maximum absolute atomic E-state index is 12.2. The molecule has 1 aromatic heterocycles. The maximum Gasteiger partial charge on any atom is 0.338 e. The van der Waals surface area contributed by atoms with Gasteiger partial charge in [0, 0.05) is 11.4 Å². The highest BCUT2D eigenvalue weighted by Crippen LogP contribution is 2.16. The highest BCUT2D eigenvalue weighted by Gasteiger charge is 2.13. The zero-order valence-electron chi connectivity index (χ0n) is 15.0. The van der Waals surface area contributed by atoms with Crippen LogP contribution in [0, 0.1) is 13.8 Å². The Labute approximate surface area is 156 Å². The predicted octanol–water partition coefficient (Wildman–Crippen LogP) is 4.29. The SMILES string of the molecule is Cc1noc(C)c1COC(=O)c1ccc(NC(=O)Nc2ccccc2)cc1. The minimum Gasteiger partial charge on any atom is -0.457 e. The first-order chi connectivity index (χ1) is 13.0. The molecule has 27 heavy (non-hydrogen) atoms. The number of nitrogens with one attached hydrogen (secondary N) is 2. The van der Waals surface area contributed by atoms with Gasteiger partial charge in [0.2, 0.25) is 0 Å². The van der Waals surface area contributed by atoms with Gasteiger partial charge in [-0.3, -0.25) is 0 Å². The molecular formula is C20H19N3O4. The van der Waals surface area contributed by atoms with E-state index >= 15 is 0 Å². The van der Waals surface area contributed by atoms with Crippen LogP contribution in [0.25, 0.3) is 0 Å². The average molecular weight is 365 g/mol. The van der Waals surface area contributed by atoms with E-state index in [2.05, 4.69) is 15.8 Å². The minimum absolute atomic E-state index is 0.0967. The molecule has 3 rings (SSSR count). The quantitative estimate of drug-likeness (QED) is 0.658. The van der Waals surface area contributed by atoms with E-state index in [0.29, 0.717) is 28.4 Å². The van der Waals surface area contributed by atoms with Crippen molar-refractivity contribution in [2.75, 3.05) is 10.6 Å². The summed E-state index contributed by atoms with van der Waals surface area (Å²) in [4.78, 5) is 24.1. The number of nitrogens with zero attached hydrogens (tertiary/aromatic N) is 1. The number of hydrogen-bond donors (Lipinski definition) is 2. The second-order valence-corrected chi connectivity index (χ2v) is 5.90. The largest absolute Gasteiger partial charge is 0.457 e. The lowest BCUT2D eigenvalue weighted by molar-refractivity contribution is 0.0471. The van der Waals surface area contributed by atoms with Gasteiger partial charge in [-0.1, -0.05) is 23.4 Å². The van der Waals surface area contributed by atoms with Gasteiger partial charge in [-0.2, -0.15) is 0 Å². The van der Waals surface area contributed by atoms with Crippen LogP contribution in [0.2, 0.25) is 0 Å². The van der Waals surface area contributed by atoms with Crippen molar-refractivity contribution in [3.8, 4) is 0 Å². The van der Waals surface area contributed by atoms with E-state index in [1.807, 2.05) is 18.2 Å². The number of esters is 1. The number of amides is 2. The lowest BCUT2D eigenvalue weighted by atomic mass is 10.2. The monoisotopic (exact) mass is 365 g/mol. The average Bonchev–Trinajstić information content (AvgIpc) is 2.99. The third-order valence-corrected chi connectivity index (χ3v) is 3.94. The van der Waals surface area contributed by atoms with Gasteiger partial charge >= 0.3 is 12.0 Å². The van der Waals surface area contributed by atoms with Gasteiger partial charge in [0.05, 0.1) is 16.8 Å². The lowest BCUT2D eigenvalue weighted by Crippen LogP contribution is -2.19. The topological polar surface area (TPSA) is 93.5 Å². The number of urea groups is 1. The number of benzene rings is 2. The first kappa shape index (κ1) is 18.2. The Morgan fingerprint density at radius 3 is 2.19 bits per heavy atom. The molecular weight excluding hydrogens is 346 g/mol. The fourth-order valence-electron chi connectivity index (χ4n) is 2.43. The van der Waals surface area contributed by atoms with Crippen molar-refractivity contribution in [2.45, 2.75) is 20.5 Å². The normalized spacial score (nSPS) is 10.3. The Balaban J connectivity index is 1.55. The van der Waals surface area contributed by atoms with E-state index in [0.717, 1.165) is 5.56 Å². The van der Waals surface area contributed by atoms with Crippen molar-refractivity contribution < 1.29 is 18.8 Å². The van der Waals surface area contributed by atoms with E-state index in [-0.39, 0.29) is 12.6 Å². The standard InChI is InChI=1S/C20H19N3O4/c1-13-18(14(2)27-23-13)12-26-19(24)15-8-10-17(11-9-15)22-20(25)21-16-6-4-3-5-7-16/h3-11H,12H2,1-2H3,(H2,21,22,25). The predicted molar refractivity (Wildman–Crippen MR) is 101 cm³/mol. The first-order valence-electron chi connectivity index (χ1n) is 8.35. The van der Waals surface area contributed by atoms with E-state index in [4.69, 9.17) is 9.26 Å². The summed E-state index contributed by atoms with van der Waals surface area (Å²) in [7, 11) is 0. The molecule has 0 radical (unpaired) electrons. The maximum atomic E-state index is 12.2. The van der Waals surface area contributed by atoms with Crippen LogP contribution in [0.4, 0.5) is 16.2 Å². The number of hydrogen-bond acceptors (Lipinski definition) is 5. The molecule has 0 spiro atoms. The molecule has 0 saturated carbocycles. The second kappa shape index (κ2) is 8.18. The molecule has 3 aromatic rings. The molecule has 7 heteroatoms. The number of rotatable bonds is 5. The first-order valence-corrected chi connectivity index (χ1v) is 8.35. The van der Waals surface area contributed by atoms with Gasteiger partial charge in [0.15, 0.2) is 0 Å². The number of aryl methyl sites for hydroxylation is 2. The molecule has 0 saturated heterocycles. The van der Waals surface area contributed by atoms with Crippen LogP contribution in [-0.2, 0) is 11.3 Å². The molecule has 138 valence electrons. The van der Waals surface area contributed by atoms with Crippen LogP contribution in [0.5, 0.6) is 0 Å². The highest BCUT2D eigenvalue weighted by molar-refractivity contribution is 6.00. The number of ether oxygens (including phenoxy) is 1. The minimum atomic E-state index is -0.463. The highest BCUT2D eigenvalue weighted by atomic mass is 16.5. The number of carbonyl (C=O) groups is 2. The van der Waals surface area contributed by atoms with E-state index < -0.39 is 5.97 Å². The molecule has 0 atom stereocenters. The summed E-state index contributed by atoms with van der Waals surface area (Å²) < 4.78 is 10.3. The van der Waals surface area contributed by atoms with E-state index in [1.54, 1.807) is 50.2 Å². The third kappa shape index (κ3) is 4.72. The Hall–Kier alpha value is -3.61. The molecule has 2 amide bonds. The van der Waals surface area contributed by atoms with Crippen LogP contribution in [-0.4, -0.2) is 17.2 Å². The summed E-state index contributed by atoms with van der Waals surface area (Å²) in [5.41, 5.74) is 3.10. The molecule has 7 nitrogen and oxygen atoms in total. The van der Waals surface area contributed by atoms with Crippen molar-refractivity contribution in [3.05, 3.63) is 77.2 Å². The van der Waals surface area contributed by atoms with Crippen LogP contribution in [0.1, 0.15) is 27.4 Å². The van der Waals surface area contributed by atoms with Gasteiger partial charge in [-0.05, 0) is 50.2 Å². The fourth-order valence-corrected chi connectivity index (χ4v) is 2.43. The van der Waals surface area contributed by atoms with E-state index in [1.165, 1.54) is 0 Å². The number of anilines is 2. The van der Waals surface area contributed by atoms with Crippen molar-refractivity contribution in [1.82, 2.24) is 5.16 Å². The van der Waals surface area contributed by atoms with Crippen LogP contribution < -0.4 is 10.6 Å². The molecule has 0 aliphatic heterocycles. The molecule has 1 heterocycles. The van der Waals surface area contributed by atoms with Crippen molar-refractivity contribution in [2.24, 2.45) is 0 Å². The van der Waals surface area contributed by atoms with Crippen LogP contribution in [0.15, 0.2) is 59.1 Å². The van der Waals surface area contributed by atoms with Crippen LogP contribution in [0.3, 0.4) is 0 Å². The van der Waals surface area contributed by atoms with Gasteiger partial charge in [0.25, 0.3) is 0 Å². The van der Waals surface area contributed by atoms with Crippen molar-refractivity contribution in [1.29, 1.82) is 0 Å². The summed E-state index contributed by atoms with van der Waals surface area (Å²) in [6.45, 7) is 3.66. The Morgan fingerprint density at radius 1 is 0.963 bits per heavy atom. The Bertz CT molecular complexity index is 914. The molecule has 0 fully saturated rings. The summed E-state index contributed by atoms with van der Waals surface area (Å²) in [6.07, 6.45) is 0. The summed E-state index contributed by atoms with van der Waals surface area (Å²) in [5.74, 6) is 0.166. The summed E-state index contributed by atoms with van der Waals surface area (Å²) >= 11 is 0. The van der Waals surface area contributed by atoms with Crippen molar-refractivity contribution in [3.63, 3.8) is 0 Å². The molecule has 0 aliphatic carbocycles. The number of carbonyl (C=O) groups excluding carboxylic acids is 2. The zero-order chi connectivity index (χ0) is 19.2. The lowest BCUT2D eigenvalue weighted by Gasteiger charge is -2.08. The Morgan fingerprint density at radius 2 is 1.59 bits per heavy atom. The smallest absolute Gasteiger partial charge is 0.338 e.